The van der Waals surface area contributed by atoms with Crippen molar-refractivity contribution < 1.29 is 14.7 Å². The first-order chi connectivity index (χ1) is 7.86. The molecule has 0 aromatic heterocycles. The lowest BCUT2D eigenvalue weighted by molar-refractivity contribution is -0.139. The molecule has 100 valence electrons. The zero-order valence-electron chi connectivity index (χ0n) is 11.1. The maximum absolute atomic E-state index is 11.7. The highest BCUT2D eigenvalue weighted by atomic mass is 16.4. The van der Waals surface area contributed by atoms with Gasteiger partial charge in [-0.25, -0.2) is 0 Å². The molecule has 0 aromatic rings. The topological polar surface area (TPSA) is 64.1 Å². The Balaban J connectivity index is 4.27. The Morgan fingerprint density at radius 3 is 2.06 bits per heavy atom. The molecule has 6 nitrogen and oxygen atoms in total. The van der Waals surface area contributed by atoms with E-state index in [1.54, 1.807) is 16.8 Å². The quantitative estimate of drug-likeness (QED) is 0.619. The van der Waals surface area contributed by atoms with Gasteiger partial charge in [0.05, 0.1) is 13.1 Å². The summed E-state index contributed by atoms with van der Waals surface area (Å²) in [6.07, 6.45) is 0. The van der Waals surface area contributed by atoms with Crippen LogP contribution >= 0.6 is 0 Å². The average molecular weight is 245 g/mol. The van der Waals surface area contributed by atoms with Crippen LogP contribution in [0.2, 0.25) is 0 Å². The fraction of sp³-hybridized carbons (Fsp3) is 0.818. The number of carboxylic acids is 1. The van der Waals surface area contributed by atoms with Crippen molar-refractivity contribution in [3.63, 3.8) is 0 Å². The fourth-order valence-corrected chi connectivity index (χ4v) is 1.24. The number of likely N-dealkylation sites (N-methyl/N-ethyl adjacent to an activating group) is 2. The van der Waals surface area contributed by atoms with Gasteiger partial charge in [0.15, 0.2) is 0 Å². The second-order valence-electron chi connectivity index (χ2n) is 4.32. The van der Waals surface area contributed by atoms with Crippen molar-refractivity contribution in [3.8, 4) is 0 Å². The van der Waals surface area contributed by atoms with Crippen molar-refractivity contribution in [2.75, 3.05) is 53.9 Å². The molecule has 0 saturated carbocycles. The lowest BCUT2D eigenvalue weighted by atomic mass is 10.4. The molecule has 0 spiro atoms. The van der Waals surface area contributed by atoms with Crippen LogP contribution in [0.5, 0.6) is 0 Å². The molecule has 0 unspecified atom stereocenters. The van der Waals surface area contributed by atoms with Gasteiger partial charge in [0.25, 0.3) is 0 Å². The number of amides is 1. The Morgan fingerprint density at radius 2 is 1.65 bits per heavy atom. The van der Waals surface area contributed by atoms with E-state index in [-0.39, 0.29) is 19.0 Å². The van der Waals surface area contributed by atoms with Crippen molar-refractivity contribution in [2.45, 2.75) is 6.92 Å². The molecule has 0 fully saturated rings. The average Bonchev–Trinajstić information content (AvgIpc) is 2.23. The molecule has 17 heavy (non-hydrogen) atoms. The van der Waals surface area contributed by atoms with Crippen molar-refractivity contribution in [1.29, 1.82) is 0 Å². The molecule has 0 heterocycles. The second kappa shape index (κ2) is 8.03. The van der Waals surface area contributed by atoms with E-state index in [2.05, 4.69) is 0 Å². The van der Waals surface area contributed by atoms with E-state index in [1.165, 1.54) is 0 Å². The summed E-state index contributed by atoms with van der Waals surface area (Å²) in [7, 11) is 5.55. The summed E-state index contributed by atoms with van der Waals surface area (Å²) in [4.78, 5) is 27.6. The lowest BCUT2D eigenvalue weighted by Gasteiger charge is -2.24. The number of hydrogen-bond acceptors (Lipinski definition) is 4. The first kappa shape index (κ1) is 15.9. The molecular formula is C11H23N3O3. The number of carboxylic acid groups (broad SMARTS) is 1. The first-order valence-corrected chi connectivity index (χ1v) is 5.69. The van der Waals surface area contributed by atoms with E-state index in [4.69, 9.17) is 5.11 Å². The van der Waals surface area contributed by atoms with Crippen LogP contribution in [0.4, 0.5) is 0 Å². The van der Waals surface area contributed by atoms with E-state index >= 15 is 0 Å². The van der Waals surface area contributed by atoms with Gasteiger partial charge >= 0.3 is 5.97 Å². The second-order valence-corrected chi connectivity index (χ2v) is 4.32. The molecule has 0 saturated heterocycles. The summed E-state index contributed by atoms with van der Waals surface area (Å²) in [6, 6.07) is 0. The molecule has 6 heteroatoms. The largest absolute Gasteiger partial charge is 0.480 e. The van der Waals surface area contributed by atoms with E-state index in [0.29, 0.717) is 13.1 Å². The maximum atomic E-state index is 11.7. The SMILES string of the molecule is CCN(C)C(=O)CN(CCN(C)C)CC(=O)O. The van der Waals surface area contributed by atoms with E-state index in [0.717, 1.165) is 6.54 Å². The van der Waals surface area contributed by atoms with Crippen LogP contribution in [-0.4, -0.2) is 85.5 Å². The van der Waals surface area contributed by atoms with Crippen LogP contribution in [0.15, 0.2) is 0 Å². The van der Waals surface area contributed by atoms with Crippen molar-refractivity contribution in [2.24, 2.45) is 0 Å². The first-order valence-electron chi connectivity index (χ1n) is 5.69. The fourth-order valence-electron chi connectivity index (χ4n) is 1.24. The predicted octanol–water partition coefficient (Wildman–Crippen LogP) is -0.587. The van der Waals surface area contributed by atoms with Crippen molar-refractivity contribution in [1.82, 2.24) is 14.7 Å². The van der Waals surface area contributed by atoms with Gasteiger partial charge in [-0.1, -0.05) is 0 Å². The molecule has 0 radical (unpaired) electrons. The molecule has 0 aliphatic rings. The molecule has 0 rings (SSSR count). The van der Waals surface area contributed by atoms with Crippen LogP contribution in [0, 0.1) is 0 Å². The van der Waals surface area contributed by atoms with Gasteiger partial charge in [0.1, 0.15) is 0 Å². The Kier molecular flexibility index (Phi) is 7.49. The molecule has 0 aromatic carbocycles. The van der Waals surface area contributed by atoms with Gasteiger partial charge in [-0.2, -0.15) is 0 Å². The number of nitrogens with zero attached hydrogens (tertiary/aromatic N) is 3. The van der Waals surface area contributed by atoms with Crippen molar-refractivity contribution >= 4 is 11.9 Å². The zero-order chi connectivity index (χ0) is 13.4. The Hall–Kier alpha value is -1.14. The van der Waals surface area contributed by atoms with Crippen molar-refractivity contribution in [3.05, 3.63) is 0 Å². The van der Waals surface area contributed by atoms with Gasteiger partial charge in [0, 0.05) is 26.7 Å². The molecule has 0 aliphatic heterocycles. The van der Waals surface area contributed by atoms with Gasteiger partial charge in [-0.3, -0.25) is 14.5 Å². The number of hydrogen-bond donors (Lipinski definition) is 1. The minimum atomic E-state index is -0.907. The van der Waals surface area contributed by atoms with Crippen LogP contribution in [-0.2, 0) is 9.59 Å². The van der Waals surface area contributed by atoms with Gasteiger partial charge < -0.3 is 14.9 Å². The van der Waals surface area contributed by atoms with E-state index in [1.807, 2.05) is 25.9 Å². The highest BCUT2D eigenvalue weighted by molar-refractivity contribution is 5.78. The van der Waals surface area contributed by atoms with E-state index in [9.17, 15) is 9.59 Å². The van der Waals surface area contributed by atoms with Crippen LogP contribution in [0.25, 0.3) is 0 Å². The monoisotopic (exact) mass is 245 g/mol. The summed E-state index contributed by atoms with van der Waals surface area (Å²) in [5.74, 6) is -0.955. The van der Waals surface area contributed by atoms with Gasteiger partial charge in [-0.05, 0) is 21.0 Å². The smallest absolute Gasteiger partial charge is 0.317 e. The highest BCUT2D eigenvalue weighted by Crippen LogP contribution is 1.93. The normalized spacial score (nSPS) is 10.9. The lowest BCUT2D eigenvalue weighted by Crippen LogP contribution is -2.43. The molecule has 0 aliphatic carbocycles. The summed E-state index contributed by atoms with van der Waals surface area (Å²) in [5, 5.41) is 8.78. The highest BCUT2D eigenvalue weighted by Gasteiger charge is 2.15. The Labute approximate surface area is 103 Å². The maximum Gasteiger partial charge on any atom is 0.317 e. The molecule has 1 amide bonds. The Bertz CT molecular complexity index is 256. The van der Waals surface area contributed by atoms with Gasteiger partial charge in [-0.15, -0.1) is 0 Å². The van der Waals surface area contributed by atoms with E-state index < -0.39 is 5.97 Å². The van der Waals surface area contributed by atoms with Crippen LogP contribution < -0.4 is 0 Å². The summed E-state index contributed by atoms with van der Waals surface area (Å²) in [5.41, 5.74) is 0. The number of aliphatic carboxylic acids is 1. The third kappa shape index (κ3) is 7.70. The molecule has 1 N–H and O–H groups in total. The summed E-state index contributed by atoms with van der Waals surface area (Å²) in [6.45, 7) is 3.88. The predicted molar refractivity (Wildman–Crippen MR) is 65.9 cm³/mol. The van der Waals surface area contributed by atoms with Crippen LogP contribution in [0.3, 0.4) is 0 Å². The number of carbonyl (C=O) groups is 2. The zero-order valence-corrected chi connectivity index (χ0v) is 11.1. The van der Waals surface area contributed by atoms with Gasteiger partial charge in [0.2, 0.25) is 5.91 Å². The van der Waals surface area contributed by atoms with Crippen LogP contribution in [0.1, 0.15) is 6.92 Å². The third-order valence-electron chi connectivity index (χ3n) is 2.48. The minimum Gasteiger partial charge on any atom is -0.480 e. The molecule has 0 atom stereocenters. The molecular weight excluding hydrogens is 222 g/mol. The number of carbonyl (C=O) groups excluding carboxylic acids is 1. The standard InChI is InChI=1S/C11H23N3O3/c1-5-13(4)10(15)8-14(9-11(16)17)7-6-12(2)3/h5-9H2,1-4H3,(H,16,17). The minimum absolute atomic E-state index is 0.0486. The number of rotatable bonds is 8. The third-order valence-corrected chi connectivity index (χ3v) is 2.48. The molecule has 0 bridgehead atoms. The summed E-state index contributed by atoms with van der Waals surface area (Å²) < 4.78 is 0. The summed E-state index contributed by atoms with van der Waals surface area (Å²) >= 11 is 0. The Morgan fingerprint density at radius 1 is 1.06 bits per heavy atom.